The van der Waals surface area contributed by atoms with Crippen LogP contribution < -0.4 is 5.32 Å². The molecule has 1 aromatic carbocycles. The molecule has 0 bridgehead atoms. The van der Waals surface area contributed by atoms with Crippen LogP contribution in [0.3, 0.4) is 0 Å². The topological polar surface area (TPSA) is 64.2 Å². The number of nitrogens with zero attached hydrogens (tertiary/aromatic N) is 4. The summed E-state index contributed by atoms with van der Waals surface area (Å²) in [6.45, 7) is 4.24. The molecule has 0 spiro atoms. The number of aryl methyl sites for hydroxylation is 1. The second kappa shape index (κ2) is 6.89. The van der Waals surface area contributed by atoms with Gasteiger partial charge in [0.15, 0.2) is 0 Å². The molecule has 4 aromatic rings. The zero-order valence-electron chi connectivity index (χ0n) is 15.0. The van der Waals surface area contributed by atoms with Crippen molar-refractivity contribution in [3.63, 3.8) is 0 Å². The molecule has 0 fully saturated rings. The Morgan fingerprint density at radius 2 is 1.96 bits per heavy atom. The normalized spacial score (nSPS) is 11.1. The maximum absolute atomic E-state index is 12.6. The highest BCUT2D eigenvalue weighted by Crippen LogP contribution is 2.17. The molecule has 1 amide bonds. The average Bonchev–Trinajstić information content (AvgIpc) is 3.23. The number of benzene rings is 1. The molecule has 6 nitrogen and oxygen atoms in total. The summed E-state index contributed by atoms with van der Waals surface area (Å²) in [5, 5.41) is 7.90. The van der Waals surface area contributed by atoms with Crippen molar-refractivity contribution in [1.29, 1.82) is 0 Å². The van der Waals surface area contributed by atoms with Gasteiger partial charge in [-0.25, -0.2) is 9.67 Å². The van der Waals surface area contributed by atoms with Gasteiger partial charge in [-0.2, -0.15) is 5.10 Å². The first-order valence-corrected chi connectivity index (χ1v) is 8.92. The summed E-state index contributed by atoms with van der Waals surface area (Å²) in [6, 6.07) is 11.3. The lowest BCUT2D eigenvalue weighted by Crippen LogP contribution is -2.23. The third-order valence-corrected chi connectivity index (χ3v) is 4.67. The van der Waals surface area contributed by atoms with E-state index in [-0.39, 0.29) is 5.91 Å². The van der Waals surface area contributed by atoms with E-state index in [1.165, 1.54) is 0 Å². The molecule has 27 heavy (non-hydrogen) atoms. The number of nitrogens with one attached hydrogen (secondary N) is 1. The zero-order valence-corrected chi connectivity index (χ0v) is 15.7. The minimum Gasteiger partial charge on any atom is -0.346 e. The third-order valence-electron chi connectivity index (χ3n) is 4.42. The molecule has 0 aliphatic rings. The smallest absolute Gasteiger partial charge is 0.255 e. The molecule has 0 atom stereocenters. The molecular formula is C20H18ClN5O. The average molecular weight is 380 g/mol. The van der Waals surface area contributed by atoms with E-state index in [1.54, 1.807) is 23.0 Å². The highest BCUT2D eigenvalue weighted by Gasteiger charge is 2.15. The predicted molar refractivity (Wildman–Crippen MR) is 104 cm³/mol. The van der Waals surface area contributed by atoms with E-state index >= 15 is 0 Å². The molecule has 0 aliphatic heterocycles. The van der Waals surface area contributed by atoms with Gasteiger partial charge in [0.1, 0.15) is 5.65 Å². The van der Waals surface area contributed by atoms with E-state index < -0.39 is 0 Å². The van der Waals surface area contributed by atoms with E-state index in [9.17, 15) is 4.79 Å². The Kier molecular flexibility index (Phi) is 4.41. The lowest BCUT2D eigenvalue weighted by Gasteiger charge is -2.06. The van der Waals surface area contributed by atoms with Crippen LogP contribution in [0.25, 0.3) is 11.3 Å². The largest absolute Gasteiger partial charge is 0.346 e. The molecular weight excluding hydrogens is 362 g/mol. The van der Waals surface area contributed by atoms with Crippen LogP contribution in [-0.4, -0.2) is 25.1 Å². The number of hydrogen-bond acceptors (Lipinski definition) is 3. The monoisotopic (exact) mass is 379 g/mol. The number of carbonyl (C=O) groups excluding carboxylic acids is 1. The summed E-state index contributed by atoms with van der Waals surface area (Å²) >= 11 is 5.93. The van der Waals surface area contributed by atoms with Crippen molar-refractivity contribution < 1.29 is 4.79 Å². The van der Waals surface area contributed by atoms with E-state index in [0.717, 1.165) is 28.3 Å². The van der Waals surface area contributed by atoms with Crippen LogP contribution in [0.15, 0.2) is 55.0 Å². The summed E-state index contributed by atoms with van der Waals surface area (Å²) in [6.07, 6.45) is 5.45. The Morgan fingerprint density at radius 3 is 2.74 bits per heavy atom. The number of fused-ring (bicyclic) bond motifs is 1. The molecule has 1 N–H and O–H groups in total. The van der Waals surface area contributed by atoms with Crippen molar-refractivity contribution in [2.24, 2.45) is 0 Å². The Balaban J connectivity index is 1.50. The fraction of sp³-hybridized carbons (Fsp3) is 0.150. The van der Waals surface area contributed by atoms with Crippen molar-refractivity contribution in [2.75, 3.05) is 0 Å². The highest BCUT2D eigenvalue weighted by molar-refractivity contribution is 6.30. The van der Waals surface area contributed by atoms with E-state index in [2.05, 4.69) is 15.4 Å². The third kappa shape index (κ3) is 3.44. The molecule has 0 saturated heterocycles. The Bertz CT molecular complexity index is 1130. The first-order valence-electron chi connectivity index (χ1n) is 8.54. The fourth-order valence-corrected chi connectivity index (χ4v) is 3.09. The van der Waals surface area contributed by atoms with Crippen LogP contribution in [-0.2, 0) is 6.54 Å². The number of carbonyl (C=O) groups is 1. The van der Waals surface area contributed by atoms with Crippen molar-refractivity contribution >= 4 is 23.2 Å². The Labute approximate surface area is 161 Å². The van der Waals surface area contributed by atoms with Crippen LogP contribution in [0.5, 0.6) is 0 Å². The summed E-state index contributed by atoms with van der Waals surface area (Å²) in [7, 11) is 0. The van der Waals surface area contributed by atoms with Gasteiger partial charge in [-0.05, 0) is 55.8 Å². The van der Waals surface area contributed by atoms with Crippen LogP contribution in [0.2, 0.25) is 5.02 Å². The van der Waals surface area contributed by atoms with Crippen molar-refractivity contribution in [3.8, 4) is 5.69 Å². The molecule has 7 heteroatoms. The fourth-order valence-electron chi connectivity index (χ4n) is 2.96. The number of amides is 1. The van der Waals surface area contributed by atoms with E-state index in [4.69, 9.17) is 11.6 Å². The van der Waals surface area contributed by atoms with Gasteiger partial charge < -0.3 is 9.72 Å². The SMILES string of the molecule is Cc1ccn2cc(CNC(=O)c3cnn(-c4ccc(Cl)cc4)c3C)nc2c1. The molecule has 0 saturated carbocycles. The standard InChI is InChI=1S/C20H18ClN5O/c1-13-7-8-25-12-16(24-19(25)9-13)10-22-20(27)18-11-23-26(14(18)2)17-5-3-15(21)4-6-17/h3-9,11-12H,10H2,1-2H3,(H,22,27). The predicted octanol–water partition coefficient (Wildman–Crippen LogP) is 3.72. The Hall–Kier alpha value is -3.12. The van der Waals surface area contributed by atoms with Gasteiger partial charge >= 0.3 is 0 Å². The lowest BCUT2D eigenvalue weighted by molar-refractivity contribution is 0.0950. The molecule has 0 unspecified atom stereocenters. The van der Waals surface area contributed by atoms with E-state index in [0.29, 0.717) is 17.1 Å². The zero-order chi connectivity index (χ0) is 19.0. The number of imidazole rings is 1. The van der Waals surface area contributed by atoms with Gasteiger partial charge in [0.2, 0.25) is 0 Å². The summed E-state index contributed by atoms with van der Waals surface area (Å²) in [4.78, 5) is 17.1. The minimum atomic E-state index is -0.180. The quantitative estimate of drug-likeness (QED) is 0.587. The summed E-state index contributed by atoms with van der Waals surface area (Å²) in [5.41, 5.74) is 4.97. The minimum absolute atomic E-state index is 0.180. The first-order chi connectivity index (χ1) is 13.0. The number of hydrogen-bond donors (Lipinski definition) is 1. The molecule has 0 radical (unpaired) electrons. The lowest BCUT2D eigenvalue weighted by atomic mass is 10.2. The first kappa shape index (κ1) is 17.3. The molecule has 136 valence electrons. The number of pyridine rings is 1. The van der Waals surface area contributed by atoms with E-state index in [1.807, 2.05) is 54.9 Å². The molecule has 3 heterocycles. The van der Waals surface area contributed by atoms with Gasteiger partial charge in [0, 0.05) is 17.4 Å². The second-order valence-corrected chi connectivity index (χ2v) is 6.85. The van der Waals surface area contributed by atoms with Crippen molar-refractivity contribution in [2.45, 2.75) is 20.4 Å². The van der Waals surface area contributed by atoms with Crippen LogP contribution in [0.4, 0.5) is 0 Å². The Morgan fingerprint density at radius 1 is 1.19 bits per heavy atom. The number of halogens is 1. The summed E-state index contributed by atoms with van der Waals surface area (Å²) in [5.74, 6) is -0.180. The highest BCUT2D eigenvalue weighted by atomic mass is 35.5. The van der Waals surface area contributed by atoms with Crippen LogP contribution in [0, 0.1) is 13.8 Å². The van der Waals surface area contributed by atoms with Crippen LogP contribution in [0.1, 0.15) is 27.3 Å². The van der Waals surface area contributed by atoms with Crippen molar-refractivity contribution in [3.05, 3.63) is 82.5 Å². The summed E-state index contributed by atoms with van der Waals surface area (Å²) < 4.78 is 3.66. The molecule has 0 aliphatic carbocycles. The van der Waals surface area contributed by atoms with Gasteiger partial charge in [-0.1, -0.05) is 11.6 Å². The maximum Gasteiger partial charge on any atom is 0.255 e. The van der Waals surface area contributed by atoms with Gasteiger partial charge in [-0.15, -0.1) is 0 Å². The van der Waals surface area contributed by atoms with Crippen LogP contribution >= 0.6 is 11.6 Å². The van der Waals surface area contributed by atoms with Gasteiger partial charge in [0.05, 0.1) is 35.4 Å². The molecule has 4 rings (SSSR count). The molecule has 3 aromatic heterocycles. The van der Waals surface area contributed by atoms with Gasteiger partial charge in [-0.3, -0.25) is 4.79 Å². The number of aromatic nitrogens is 4. The van der Waals surface area contributed by atoms with Gasteiger partial charge in [0.25, 0.3) is 5.91 Å². The second-order valence-electron chi connectivity index (χ2n) is 6.42. The van der Waals surface area contributed by atoms with Crippen molar-refractivity contribution in [1.82, 2.24) is 24.5 Å². The maximum atomic E-state index is 12.6. The number of rotatable bonds is 4.